The van der Waals surface area contributed by atoms with Crippen molar-refractivity contribution in [2.75, 3.05) is 26.3 Å². The number of rotatable bonds is 32. The topological polar surface area (TPSA) is 82.1 Å². The smallest absolute Gasteiger partial charge is 0.410 e. The Hall–Kier alpha value is -1.79. The number of carbonyl (C=O) groups is 3. The summed E-state index contributed by atoms with van der Waals surface area (Å²) in [5.74, 6) is 0.641. The van der Waals surface area contributed by atoms with Gasteiger partial charge in [-0.1, -0.05) is 156 Å². The first kappa shape index (κ1) is 47.2. The monoisotopic (exact) mass is 722 g/mol. The molecule has 0 saturated carbocycles. The van der Waals surface area contributed by atoms with Crippen LogP contribution in [0.3, 0.4) is 0 Å². The van der Waals surface area contributed by atoms with Gasteiger partial charge >= 0.3 is 18.0 Å². The molecule has 0 bridgehead atoms. The summed E-state index contributed by atoms with van der Waals surface area (Å²) in [7, 11) is 0. The minimum atomic E-state index is -0.545. The summed E-state index contributed by atoms with van der Waals surface area (Å²) in [6, 6.07) is 0. The van der Waals surface area contributed by atoms with Crippen LogP contribution in [0.1, 0.15) is 215 Å². The molecule has 51 heavy (non-hydrogen) atoms. The molecular weight excluding hydrogens is 638 g/mol. The minimum absolute atomic E-state index is 0.0237. The van der Waals surface area contributed by atoms with Crippen molar-refractivity contribution in [2.24, 2.45) is 17.8 Å². The van der Waals surface area contributed by atoms with E-state index in [1.807, 2.05) is 20.8 Å². The Morgan fingerprint density at radius 3 is 1.63 bits per heavy atom. The highest BCUT2D eigenvalue weighted by Gasteiger charge is 2.34. The second-order valence-corrected chi connectivity index (χ2v) is 16.7. The van der Waals surface area contributed by atoms with Gasteiger partial charge in [0.2, 0.25) is 0 Å². The Morgan fingerprint density at radius 1 is 0.608 bits per heavy atom. The van der Waals surface area contributed by atoms with E-state index in [-0.39, 0.29) is 23.9 Å². The average Bonchev–Trinajstić information content (AvgIpc) is 3.59. The fraction of sp³-hybridized carbons (Fsp3) is 0.932. The average molecular weight is 722 g/mol. The van der Waals surface area contributed by atoms with Crippen molar-refractivity contribution in [1.82, 2.24) is 4.90 Å². The van der Waals surface area contributed by atoms with Crippen LogP contribution in [0.4, 0.5) is 4.79 Å². The van der Waals surface area contributed by atoms with Crippen molar-refractivity contribution in [3.8, 4) is 0 Å². The minimum Gasteiger partial charge on any atom is -0.466 e. The van der Waals surface area contributed by atoms with Crippen LogP contribution in [0.15, 0.2) is 0 Å². The van der Waals surface area contributed by atoms with E-state index in [4.69, 9.17) is 14.2 Å². The molecule has 1 heterocycles. The van der Waals surface area contributed by atoms with Gasteiger partial charge in [-0.05, 0) is 64.7 Å². The first-order valence-corrected chi connectivity index (χ1v) is 21.9. The largest absolute Gasteiger partial charge is 0.466 e. The maximum Gasteiger partial charge on any atom is 0.410 e. The predicted molar refractivity (Wildman–Crippen MR) is 212 cm³/mol. The van der Waals surface area contributed by atoms with E-state index in [9.17, 15) is 14.4 Å². The number of amides is 1. The highest BCUT2D eigenvalue weighted by molar-refractivity contribution is 5.75. The van der Waals surface area contributed by atoms with Gasteiger partial charge in [0, 0.05) is 19.5 Å². The van der Waals surface area contributed by atoms with Gasteiger partial charge in [0.05, 0.1) is 19.1 Å². The maximum atomic E-state index is 13.0. The number of hydrogen-bond donors (Lipinski definition) is 0. The highest BCUT2D eigenvalue weighted by Crippen LogP contribution is 2.24. The van der Waals surface area contributed by atoms with Crippen molar-refractivity contribution < 1.29 is 28.6 Å². The molecule has 1 amide bonds. The van der Waals surface area contributed by atoms with Crippen LogP contribution >= 0.6 is 0 Å². The first-order valence-electron chi connectivity index (χ1n) is 21.9. The molecule has 0 aromatic heterocycles. The van der Waals surface area contributed by atoms with Crippen molar-refractivity contribution in [3.63, 3.8) is 0 Å². The fourth-order valence-corrected chi connectivity index (χ4v) is 7.26. The van der Waals surface area contributed by atoms with Crippen LogP contribution in [0.25, 0.3) is 0 Å². The lowest BCUT2D eigenvalue weighted by Gasteiger charge is -2.24. The molecule has 2 atom stereocenters. The summed E-state index contributed by atoms with van der Waals surface area (Å²) >= 11 is 0. The number of esters is 2. The molecule has 300 valence electrons. The lowest BCUT2D eigenvalue weighted by Crippen LogP contribution is -2.36. The van der Waals surface area contributed by atoms with Crippen molar-refractivity contribution >= 4 is 18.0 Å². The van der Waals surface area contributed by atoms with Gasteiger partial charge < -0.3 is 19.1 Å². The third-order valence-electron chi connectivity index (χ3n) is 10.6. The molecule has 1 aliphatic heterocycles. The molecule has 1 aliphatic rings. The summed E-state index contributed by atoms with van der Waals surface area (Å²) in [5, 5.41) is 0. The van der Waals surface area contributed by atoms with Crippen molar-refractivity contribution in [2.45, 2.75) is 221 Å². The van der Waals surface area contributed by atoms with Gasteiger partial charge in [0.15, 0.2) is 0 Å². The fourth-order valence-electron chi connectivity index (χ4n) is 7.26. The number of hydrogen-bond acceptors (Lipinski definition) is 6. The van der Waals surface area contributed by atoms with E-state index in [2.05, 4.69) is 20.8 Å². The zero-order valence-electron chi connectivity index (χ0n) is 34.5. The lowest BCUT2D eigenvalue weighted by molar-refractivity contribution is -0.149. The van der Waals surface area contributed by atoms with Gasteiger partial charge in [-0.3, -0.25) is 9.59 Å². The van der Waals surface area contributed by atoms with E-state index in [0.717, 1.165) is 44.9 Å². The Labute approximate surface area is 315 Å². The van der Waals surface area contributed by atoms with Gasteiger partial charge in [-0.25, -0.2) is 4.79 Å². The molecule has 7 nitrogen and oxygen atoms in total. The number of nitrogens with zero attached hydrogens (tertiary/aromatic N) is 1. The molecule has 1 saturated heterocycles. The molecule has 0 N–H and O–H groups in total. The van der Waals surface area contributed by atoms with Gasteiger partial charge in [0.1, 0.15) is 5.60 Å². The summed E-state index contributed by atoms with van der Waals surface area (Å²) in [5.41, 5.74) is -0.545. The van der Waals surface area contributed by atoms with Crippen LogP contribution in [-0.2, 0) is 23.8 Å². The zero-order chi connectivity index (χ0) is 37.6. The van der Waals surface area contributed by atoms with Crippen LogP contribution in [0.5, 0.6) is 0 Å². The molecule has 1 rings (SSSR count). The summed E-state index contributed by atoms with van der Waals surface area (Å²) in [6.07, 6.45) is 31.4. The number of ether oxygens (including phenoxy) is 3. The maximum absolute atomic E-state index is 13.0. The molecule has 0 aromatic carbocycles. The normalized spacial score (nSPS) is 15.4. The van der Waals surface area contributed by atoms with Gasteiger partial charge in [0.25, 0.3) is 0 Å². The third-order valence-corrected chi connectivity index (χ3v) is 10.6. The summed E-state index contributed by atoms with van der Waals surface area (Å²) < 4.78 is 17.0. The van der Waals surface area contributed by atoms with E-state index < -0.39 is 5.60 Å². The molecule has 0 radical (unpaired) electrons. The summed E-state index contributed by atoms with van der Waals surface area (Å²) in [4.78, 5) is 39.4. The van der Waals surface area contributed by atoms with Crippen LogP contribution < -0.4 is 0 Å². The number of unbranched alkanes of at least 4 members (excludes halogenated alkanes) is 16. The molecule has 1 unspecified atom stereocenters. The Morgan fingerprint density at radius 2 is 1.08 bits per heavy atom. The standard InChI is InChI=1S/C44H83NO6/c1-7-10-13-14-15-16-19-24-29-39(37-50-42(47)40-32-34-45(36-40)43(48)51-44(4,5)6)30-25-20-17-18-21-26-31-41(46)49-35-33-38(27-22-11-8-2)28-23-12-9-3/h38-40H,7-37H2,1-6H3/t39?,40-/m1/s1. The van der Waals surface area contributed by atoms with Crippen LogP contribution in [0, 0.1) is 17.8 Å². The van der Waals surface area contributed by atoms with E-state index in [0.29, 0.717) is 51.0 Å². The molecule has 1 fully saturated rings. The van der Waals surface area contributed by atoms with Gasteiger partial charge in [-0.2, -0.15) is 0 Å². The van der Waals surface area contributed by atoms with Crippen molar-refractivity contribution in [1.29, 1.82) is 0 Å². The van der Waals surface area contributed by atoms with E-state index in [1.54, 1.807) is 4.90 Å². The molecular formula is C44H83NO6. The second-order valence-electron chi connectivity index (χ2n) is 16.7. The van der Waals surface area contributed by atoms with E-state index in [1.165, 1.54) is 116 Å². The quantitative estimate of drug-likeness (QED) is 0.0391. The molecule has 0 aromatic rings. The number of likely N-dealkylation sites (tertiary alicyclic amines) is 1. The first-order chi connectivity index (χ1) is 24.6. The highest BCUT2D eigenvalue weighted by atomic mass is 16.6. The zero-order valence-corrected chi connectivity index (χ0v) is 34.5. The third kappa shape index (κ3) is 26.6. The Bertz CT molecular complexity index is 860. The Kier molecular flexibility index (Phi) is 28.4. The van der Waals surface area contributed by atoms with Crippen LogP contribution in [0.2, 0.25) is 0 Å². The number of carbonyl (C=O) groups excluding carboxylic acids is 3. The Balaban J connectivity index is 2.33. The van der Waals surface area contributed by atoms with Gasteiger partial charge in [-0.15, -0.1) is 0 Å². The molecule has 0 spiro atoms. The molecule has 0 aliphatic carbocycles. The van der Waals surface area contributed by atoms with E-state index >= 15 is 0 Å². The van der Waals surface area contributed by atoms with Crippen LogP contribution in [-0.4, -0.2) is 54.8 Å². The van der Waals surface area contributed by atoms with Crippen molar-refractivity contribution in [3.05, 3.63) is 0 Å². The lowest BCUT2D eigenvalue weighted by atomic mass is 9.92. The summed E-state index contributed by atoms with van der Waals surface area (Å²) in [6.45, 7) is 14.3. The SMILES string of the molecule is CCCCCCCCCCC(CCCCCCCCC(=O)OCCC(CCCCC)CCCCC)COC(=O)[C@@H]1CCN(C(=O)OC(C)(C)C)C1. The molecule has 7 heteroatoms. The predicted octanol–water partition coefficient (Wildman–Crippen LogP) is 12.8. The second kappa shape index (κ2) is 30.6.